The predicted octanol–water partition coefficient (Wildman–Crippen LogP) is 2.57. The minimum Gasteiger partial charge on any atom is -0.396 e. The second-order valence-corrected chi connectivity index (χ2v) is 4.59. The van der Waals surface area contributed by atoms with Gasteiger partial charge in [0.1, 0.15) is 5.03 Å². The van der Waals surface area contributed by atoms with E-state index in [4.69, 9.17) is 17.3 Å². The second kappa shape index (κ2) is 4.67. The van der Waals surface area contributed by atoms with E-state index in [9.17, 15) is 0 Å². The number of nitrogens with zero attached hydrogens (tertiary/aromatic N) is 3. The number of aromatic nitrogens is 3. The Morgan fingerprint density at radius 1 is 1.19 bits per heavy atom. The van der Waals surface area contributed by atoms with E-state index in [-0.39, 0.29) is 0 Å². The van der Waals surface area contributed by atoms with E-state index in [1.54, 1.807) is 24.7 Å². The van der Waals surface area contributed by atoms with Gasteiger partial charge in [0.25, 0.3) is 0 Å². The molecular formula is C10H9ClN4S. The Labute approximate surface area is 102 Å². The number of nitrogens with two attached hydrogens (primary N) is 1. The van der Waals surface area contributed by atoms with Crippen LogP contribution in [0.3, 0.4) is 0 Å². The third-order valence-electron chi connectivity index (χ3n) is 1.79. The Kier molecular flexibility index (Phi) is 3.26. The van der Waals surface area contributed by atoms with Crippen LogP contribution < -0.4 is 5.73 Å². The number of nitrogen functional groups attached to an aromatic ring is 1. The molecule has 82 valence electrons. The van der Waals surface area contributed by atoms with Gasteiger partial charge in [0.05, 0.1) is 10.7 Å². The average molecular weight is 253 g/mol. The van der Waals surface area contributed by atoms with Gasteiger partial charge in [-0.25, -0.2) is 15.0 Å². The summed E-state index contributed by atoms with van der Waals surface area (Å²) in [4.78, 5) is 12.4. The fraction of sp³-hybridized carbons (Fsp3) is 0.100. The van der Waals surface area contributed by atoms with Gasteiger partial charge in [-0.1, -0.05) is 11.6 Å². The third kappa shape index (κ3) is 2.62. The third-order valence-corrected chi connectivity index (χ3v) is 2.93. The van der Waals surface area contributed by atoms with E-state index < -0.39 is 0 Å². The van der Waals surface area contributed by atoms with Gasteiger partial charge in [-0.2, -0.15) is 0 Å². The average Bonchev–Trinajstić information content (AvgIpc) is 2.25. The summed E-state index contributed by atoms with van der Waals surface area (Å²) >= 11 is 7.07. The van der Waals surface area contributed by atoms with Gasteiger partial charge >= 0.3 is 0 Å². The van der Waals surface area contributed by atoms with Crippen molar-refractivity contribution in [2.45, 2.75) is 17.1 Å². The molecule has 2 rings (SSSR count). The minimum absolute atomic E-state index is 0.520. The van der Waals surface area contributed by atoms with Crippen LogP contribution in [0.1, 0.15) is 5.56 Å². The van der Waals surface area contributed by atoms with Crippen LogP contribution in [0.4, 0.5) is 5.69 Å². The SMILES string of the molecule is Cc1cnc(Sc2ncc(Cl)cc2N)nc1. The number of aryl methyl sites for hydroxylation is 1. The molecule has 0 unspecified atom stereocenters. The van der Waals surface area contributed by atoms with Crippen LogP contribution in [0.25, 0.3) is 0 Å². The molecule has 0 aliphatic heterocycles. The first-order chi connectivity index (χ1) is 7.65. The lowest BCUT2D eigenvalue weighted by Gasteiger charge is -2.03. The highest BCUT2D eigenvalue weighted by Crippen LogP contribution is 2.28. The number of pyridine rings is 1. The monoisotopic (exact) mass is 252 g/mol. The first-order valence-electron chi connectivity index (χ1n) is 4.52. The molecule has 2 aromatic heterocycles. The van der Waals surface area contributed by atoms with Crippen LogP contribution in [0.5, 0.6) is 0 Å². The molecule has 0 bridgehead atoms. The molecule has 0 atom stereocenters. The highest BCUT2D eigenvalue weighted by atomic mass is 35.5. The number of anilines is 1. The molecule has 0 aliphatic rings. The van der Waals surface area contributed by atoms with Crippen LogP contribution in [0.2, 0.25) is 5.02 Å². The van der Waals surface area contributed by atoms with Crippen molar-refractivity contribution in [2.24, 2.45) is 0 Å². The molecular weight excluding hydrogens is 244 g/mol. The fourth-order valence-corrected chi connectivity index (χ4v) is 1.88. The molecule has 16 heavy (non-hydrogen) atoms. The highest BCUT2D eigenvalue weighted by Gasteiger charge is 2.06. The number of hydrogen-bond acceptors (Lipinski definition) is 5. The van der Waals surface area contributed by atoms with Crippen molar-refractivity contribution in [3.05, 3.63) is 35.2 Å². The Balaban J connectivity index is 2.23. The van der Waals surface area contributed by atoms with Crippen molar-refractivity contribution in [3.63, 3.8) is 0 Å². The molecule has 2 heterocycles. The predicted molar refractivity (Wildman–Crippen MR) is 64.6 cm³/mol. The molecule has 2 aromatic rings. The lowest BCUT2D eigenvalue weighted by atomic mass is 10.4. The van der Waals surface area contributed by atoms with Gasteiger partial charge < -0.3 is 5.73 Å². The molecule has 0 radical (unpaired) electrons. The standard InChI is InChI=1S/C10H9ClN4S/c1-6-3-14-10(15-4-6)16-9-8(12)2-7(11)5-13-9/h2-5H,12H2,1H3. The summed E-state index contributed by atoms with van der Waals surface area (Å²) in [7, 11) is 0. The van der Waals surface area contributed by atoms with Crippen LogP contribution in [-0.2, 0) is 0 Å². The van der Waals surface area contributed by atoms with Crippen LogP contribution in [-0.4, -0.2) is 15.0 Å². The number of halogens is 1. The summed E-state index contributed by atoms with van der Waals surface area (Å²) in [6.07, 6.45) is 5.05. The van der Waals surface area contributed by atoms with E-state index in [2.05, 4.69) is 15.0 Å². The van der Waals surface area contributed by atoms with E-state index in [0.29, 0.717) is 20.9 Å². The molecule has 0 aliphatic carbocycles. The van der Waals surface area contributed by atoms with Gasteiger partial charge in [0.2, 0.25) is 0 Å². The van der Waals surface area contributed by atoms with Crippen LogP contribution in [0.15, 0.2) is 34.8 Å². The topological polar surface area (TPSA) is 64.7 Å². The van der Waals surface area contributed by atoms with Crippen molar-refractivity contribution < 1.29 is 0 Å². The molecule has 0 spiro atoms. The summed E-state index contributed by atoms with van der Waals surface area (Å²) in [5.74, 6) is 0. The zero-order chi connectivity index (χ0) is 11.5. The number of rotatable bonds is 2. The molecule has 0 saturated heterocycles. The molecule has 6 heteroatoms. The Bertz CT molecular complexity index is 501. The maximum absolute atomic E-state index is 5.78. The zero-order valence-electron chi connectivity index (χ0n) is 8.51. The molecule has 0 saturated carbocycles. The first-order valence-corrected chi connectivity index (χ1v) is 5.72. The summed E-state index contributed by atoms with van der Waals surface area (Å²) in [5, 5.41) is 1.80. The van der Waals surface area contributed by atoms with Crippen LogP contribution >= 0.6 is 23.4 Å². The van der Waals surface area contributed by atoms with Gasteiger partial charge in [-0.05, 0) is 30.3 Å². The lowest BCUT2D eigenvalue weighted by molar-refractivity contribution is 0.945. The summed E-state index contributed by atoms with van der Waals surface area (Å²) in [5.41, 5.74) is 7.32. The lowest BCUT2D eigenvalue weighted by Crippen LogP contribution is -1.93. The summed E-state index contributed by atoms with van der Waals surface area (Å²) in [6, 6.07) is 1.66. The quantitative estimate of drug-likeness (QED) is 0.833. The molecule has 2 N–H and O–H groups in total. The van der Waals surface area contributed by atoms with E-state index >= 15 is 0 Å². The van der Waals surface area contributed by atoms with E-state index in [1.165, 1.54) is 11.8 Å². The smallest absolute Gasteiger partial charge is 0.193 e. The Hall–Kier alpha value is -1.33. The molecule has 0 fully saturated rings. The summed E-state index contributed by atoms with van der Waals surface area (Å²) in [6.45, 7) is 1.93. The van der Waals surface area contributed by atoms with E-state index in [1.807, 2.05) is 6.92 Å². The maximum Gasteiger partial charge on any atom is 0.193 e. The van der Waals surface area contributed by atoms with E-state index in [0.717, 1.165) is 5.56 Å². The Morgan fingerprint density at radius 3 is 2.50 bits per heavy atom. The van der Waals surface area contributed by atoms with Crippen molar-refractivity contribution in [1.82, 2.24) is 15.0 Å². The highest BCUT2D eigenvalue weighted by molar-refractivity contribution is 7.99. The van der Waals surface area contributed by atoms with Crippen LogP contribution in [0, 0.1) is 6.92 Å². The van der Waals surface area contributed by atoms with Crippen molar-refractivity contribution in [1.29, 1.82) is 0 Å². The van der Waals surface area contributed by atoms with Crippen molar-refractivity contribution >= 4 is 29.1 Å². The maximum atomic E-state index is 5.78. The largest absolute Gasteiger partial charge is 0.396 e. The van der Waals surface area contributed by atoms with Gasteiger partial charge in [0.15, 0.2) is 5.16 Å². The minimum atomic E-state index is 0.520. The van der Waals surface area contributed by atoms with Gasteiger partial charge in [-0.3, -0.25) is 0 Å². The van der Waals surface area contributed by atoms with Gasteiger partial charge in [0, 0.05) is 18.6 Å². The normalized spacial score (nSPS) is 10.4. The molecule has 0 aromatic carbocycles. The zero-order valence-corrected chi connectivity index (χ0v) is 10.1. The fourth-order valence-electron chi connectivity index (χ4n) is 1.05. The van der Waals surface area contributed by atoms with Crippen molar-refractivity contribution in [3.8, 4) is 0 Å². The second-order valence-electron chi connectivity index (χ2n) is 3.19. The molecule has 4 nitrogen and oxygen atoms in total. The van der Waals surface area contributed by atoms with Crippen molar-refractivity contribution in [2.75, 3.05) is 5.73 Å². The number of hydrogen-bond donors (Lipinski definition) is 1. The first kappa shape index (κ1) is 11.2. The summed E-state index contributed by atoms with van der Waals surface area (Å²) < 4.78 is 0. The van der Waals surface area contributed by atoms with Gasteiger partial charge in [-0.15, -0.1) is 0 Å². The molecule has 0 amide bonds. The Morgan fingerprint density at radius 2 is 1.88 bits per heavy atom.